The number of hydrogen-bond acceptors (Lipinski definition) is 6. The third-order valence-corrected chi connectivity index (χ3v) is 8.18. The first-order valence-corrected chi connectivity index (χ1v) is 13.5. The Labute approximate surface area is 218 Å². The number of nitrogens with zero attached hydrogens (tertiary/aromatic N) is 2. The second kappa shape index (κ2) is 11.2. The highest BCUT2D eigenvalue weighted by Crippen LogP contribution is 2.33. The summed E-state index contributed by atoms with van der Waals surface area (Å²) in [6, 6.07) is 22.6. The van der Waals surface area contributed by atoms with Crippen LogP contribution in [0.15, 0.2) is 88.2 Å². The number of methoxy groups -OCH3 is 1. The SMILES string of the molecule is COC(=O)[C@H]1CN(C(=O)CN(CCc2ccccc2)S(=O)(=O)c2ccc(Br)cc2)c2ccccc2O1. The van der Waals surface area contributed by atoms with Crippen molar-refractivity contribution in [3.05, 3.63) is 88.9 Å². The van der Waals surface area contributed by atoms with E-state index in [1.54, 1.807) is 36.4 Å². The number of anilines is 1. The molecule has 36 heavy (non-hydrogen) atoms. The molecule has 0 bridgehead atoms. The lowest BCUT2D eigenvalue weighted by Crippen LogP contribution is -2.51. The van der Waals surface area contributed by atoms with E-state index in [2.05, 4.69) is 15.9 Å². The largest absolute Gasteiger partial charge is 0.475 e. The van der Waals surface area contributed by atoms with Crippen molar-refractivity contribution in [2.75, 3.05) is 31.6 Å². The molecule has 1 aliphatic rings. The van der Waals surface area contributed by atoms with Crippen molar-refractivity contribution in [3.8, 4) is 5.75 Å². The first kappa shape index (κ1) is 25.9. The molecule has 1 heterocycles. The first-order valence-electron chi connectivity index (χ1n) is 11.2. The van der Waals surface area contributed by atoms with Crippen LogP contribution >= 0.6 is 15.9 Å². The minimum absolute atomic E-state index is 0.0846. The maximum Gasteiger partial charge on any atom is 0.348 e. The van der Waals surface area contributed by atoms with E-state index >= 15 is 0 Å². The molecule has 0 N–H and O–H groups in total. The average molecular weight is 573 g/mol. The quantitative estimate of drug-likeness (QED) is 0.382. The fraction of sp³-hybridized carbons (Fsp3) is 0.231. The summed E-state index contributed by atoms with van der Waals surface area (Å²) in [5, 5.41) is 0. The van der Waals surface area contributed by atoms with E-state index in [1.165, 1.54) is 28.4 Å². The van der Waals surface area contributed by atoms with E-state index < -0.39 is 34.5 Å². The highest BCUT2D eigenvalue weighted by atomic mass is 79.9. The minimum atomic E-state index is -3.99. The molecule has 0 aromatic heterocycles. The molecular formula is C26H25BrN2O6S. The second-order valence-corrected chi connectivity index (χ2v) is 11.0. The molecule has 3 aromatic rings. The molecule has 1 atom stereocenters. The fourth-order valence-electron chi connectivity index (χ4n) is 3.90. The molecule has 188 valence electrons. The van der Waals surface area contributed by atoms with Gasteiger partial charge in [0.25, 0.3) is 0 Å². The summed E-state index contributed by atoms with van der Waals surface area (Å²) in [5.41, 5.74) is 1.41. The number of amides is 1. The maximum atomic E-state index is 13.6. The number of sulfonamides is 1. The number of carbonyl (C=O) groups excluding carboxylic acids is 2. The summed E-state index contributed by atoms with van der Waals surface area (Å²) in [6.07, 6.45) is -0.594. The Balaban J connectivity index is 1.63. The van der Waals surface area contributed by atoms with Crippen molar-refractivity contribution in [3.63, 3.8) is 0 Å². The molecule has 0 unspecified atom stereocenters. The number of para-hydroxylation sites is 2. The van der Waals surface area contributed by atoms with E-state index in [0.29, 0.717) is 17.9 Å². The van der Waals surface area contributed by atoms with Gasteiger partial charge in [-0.1, -0.05) is 58.4 Å². The second-order valence-electron chi connectivity index (χ2n) is 8.13. The highest BCUT2D eigenvalue weighted by Gasteiger charge is 2.36. The molecule has 0 saturated heterocycles. The number of hydrogen-bond donors (Lipinski definition) is 0. The number of carbonyl (C=O) groups is 2. The topological polar surface area (TPSA) is 93.2 Å². The molecule has 8 nitrogen and oxygen atoms in total. The van der Waals surface area contributed by atoms with E-state index in [0.717, 1.165) is 10.0 Å². The van der Waals surface area contributed by atoms with Gasteiger partial charge in [0, 0.05) is 11.0 Å². The Bertz CT molecular complexity index is 1330. The third-order valence-electron chi connectivity index (χ3n) is 5.79. The van der Waals surface area contributed by atoms with Crippen LogP contribution in [0.5, 0.6) is 5.75 Å². The van der Waals surface area contributed by atoms with Crippen LogP contribution in [0.3, 0.4) is 0 Å². The van der Waals surface area contributed by atoms with Crippen LogP contribution in [0.1, 0.15) is 5.56 Å². The number of fused-ring (bicyclic) bond motifs is 1. The van der Waals surface area contributed by atoms with Gasteiger partial charge in [-0.05, 0) is 48.4 Å². The Morgan fingerprint density at radius 3 is 2.39 bits per heavy atom. The number of benzene rings is 3. The van der Waals surface area contributed by atoms with Crippen LogP contribution in [-0.4, -0.2) is 57.4 Å². The molecule has 0 radical (unpaired) electrons. The van der Waals surface area contributed by atoms with Crippen molar-refractivity contribution < 1.29 is 27.5 Å². The van der Waals surface area contributed by atoms with E-state index in [1.807, 2.05) is 30.3 Å². The summed E-state index contributed by atoms with van der Waals surface area (Å²) in [4.78, 5) is 27.2. The number of halogens is 1. The van der Waals surface area contributed by atoms with Crippen molar-refractivity contribution in [1.29, 1.82) is 0 Å². The summed E-state index contributed by atoms with van der Waals surface area (Å²) in [7, 11) is -2.75. The van der Waals surface area contributed by atoms with Crippen LogP contribution in [0, 0.1) is 0 Å². The predicted octanol–water partition coefficient (Wildman–Crippen LogP) is 3.65. The van der Waals surface area contributed by atoms with Crippen molar-refractivity contribution in [2.24, 2.45) is 0 Å². The fourth-order valence-corrected chi connectivity index (χ4v) is 5.55. The Morgan fingerprint density at radius 2 is 1.69 bits per heavy atom. The normalized spacial score (nSPS) is 15.2. The Morgan fingerprint density at radius 1 is 1.03 bits per heavy atom. The maximum absolute atomic E-state index is 13.6. The third kappa shape index (κ3) is 5.77. The minimum Gasteiger partial charge on any atom is -0.475 e. The average Bonchev–Trinajstić information content (AvgIpc) is 2.90. The molecule has 1 amide bonds. The van der Waals surface area contributed by atoms with Gasteiger partial charge in [-0.25, -0.2) is 13.2 Å². The van der Waals surface area contributed by atoms with E-state index in [-0.39, 0.29) is 18.0 Å². The molecule has 0 aliphatic carbocycles. The van der Waals surface area contributed by atoms with Gasteiger partial charge in [0.2, 0.25) is 22.0 Å². The van der Waals surface area contributed by atoms with E-state index in [4.69, 9.17) is 9.47 Å². The van der Waals surface area contributed by atoms with E-state index in [9.17, 15) is 18.0 Å². The van der Waals surface area contributed by atoms with Gasteiger partial charge >= 0.3 is 5.97 Å². The Hall–Kier alpha value is -3.21. The lowest BCUT2D eigenvalue weighted by Gasteiger charge is -2.34. The van der Waals surface area contributed by atoms with Crippen molar-refractivity contribution in [2.45, 2.75) is 17.4 Å². The molecule has 10 heteroatoms. The zero-order chi connectivity index (χ0) is 25.7. The van der Waals surface area contributed by atoms with Gasteiger partial charge in [0.1, 0.15) is 5.75 Å². The summed E-state index contributed by atoms with van der Waals surface area (Å²) >= 11 is 3.32. The van der Waals surface area contributed by atoms with Crippen molar-refractivity contribution >= 4 is 43.5 Å². The van der Waals surface area contributed by atoms with Gasteiger partial charge in [-0.3, -0.25) is 4.79 Å². The highest BCUT2D eigenvalue weighted by molar-refractivity contribution is 9.10. The van der Waals surface area contributed by atoms with Crippen molar-refractivity contribution in [1.82, 2.24) is 4.31 Å². The van der Waals surface area contributed by atoms with Gasteiger partial charge in [0.05, 0.1) is 30.8 Å². The van der Waals surface area contributed by atoms with Crippen LogP contribution in [0.4, 0.5) is 5.69 Å². The first-order chi connectivity index (χ1) is 17.3. The summed E-state index contributed by atoms with van der Waals surface area (Å²) in [5.74, 6) is -0.752. The van der Waals surface area contributed by atoms with Crippen LogP contribution in [-0.2, 0) is 30.8 Å². The van der Waals surface area contributed by atoms with Crippen LogP contribution in [0.2, 0.25) is 0 Å². The van der Waals surface area contributed by atoms with Gasteiger partial charge in [-0.2, -0.15) is 4.31 Å². The summed E-state index contributed by atoms with van der Waals surface area (Å²) < 4.78 is 39.6. The monoisotopic (exact) mass is 572 g/mol. The van der Waals surface area contributed by atoms with Crippen LogP contribution < -0.4 is 9.64 Å². The molecule has 4 rings (SSSR count). The Kier molecular flexibility index (Phi) is 8.07. The molecular weight excluding hydrogens is 548 g/mol. The number of esters is 1. The van der Waals surface area contributed by atoms with Crippen LogP contribution in [0.25, 0.3) is 0 Å². The molecule has 0 saturated carbocycles. The van der Waals surface area contributed by atoms with Gasteiger partial charge < -0.3 is 14.4 Å². The number of ether oxygens (including phenoxy) is 2. The number of rotatable bonds is 8. The standard InChI is InChI=1S/C26H25BrN2O6S/c1-34-26(31)24-17-29(22-9-5-6-10-23(22)35-24)25(30)18-28(16-15-19-7-3-2-4-8-19)36(32,33)21-13-11-20(27)12-14-21/h2-14,24H,15-18H2,1H3/t24-/m1/s1. The molecule has 0 fully saturated rings. The molecule has 1 aliphatic heterocycles. The lowest BCUT2D eigenvalue weighted by molar-refractivity contribution is -0.148. The predicted molar refractivity (Wildman–Crippen MR) is 138 cm³/mol. The van der Waals surface area contributed by atoms with Gasteiger partial charge in [-0.15, -0.1) is 0 Å². The summed E-state index contributed by atoms with van der Waals surface area (Å²) in [6.45, 7) is -0.401. The zero-order valence-electron chi connectivity index (χ0n) is 19.5. The molecule has 3 aromatic carbocycles. The lowest BCUT2D eigenvalue weighted by atomic mass is 10.1. The zero-order valence-corrected chi connectivity index (χ0v) is 21.9. The molecule has 0 spiro atoms. The van der Waals surface area contributed by atoms with Gasteiger partial charge in [0.15, 0.2) is 0 Å². The smallest absolute Gasteiger partial charge is 0.348 e.